The summed E-state index contributed by atoms with van der Waals surface area (Å²) in [4.78, 5) is 4.43. The van der Waals surface area contributed by atoms with Crippen molar-refractivity contribution in [2.45, 2.75) is 18.4 Å². The molecule has 1 atom stereocenters. The summed E-state index contributed by atoms with van der Waals surface area (Å²) in [6.45, 7) is 0.543. The van der Waals surface area contributed by atoms with Gasteiger partial charge in [-0.15, -0.1) is 0 Å². The first-order chi connectivity index (χ1) is 12.7. The van der Waals surface area contributed by atoms with E-state index in [9.17, 15) is 8.78 Å². The van der Waals surface area contributed by atoms with E-state index in [1.807, 2.05) is 35.0 Å². The highest BCUT2D eigenvalue weighted by molar-refractivity contribution is 5.55. The van der Waals surface area contributed by atoms with E-state index in [-0.39, 0.29) is 11.6 Å². The van der Waals surface area contributed by atoms with Gasteiger partial charge in [0.1, 0.15) is 17.5 Å². The minimum absolute atomic E-state index is 0.212. The molecule has 0 spiro atoms. The summed E-state index contributed by atoms with van der Waals surface area (Å²) in [6.07, 6.45) is 12.4. The maximum absolute atomic E-state index is 14.6. The molecule has 1 aliphatic rings. The third-order valence-corrected chi connectivity index (χ3v) is 4.83. The van der Waals surface area contributed by atoms with Gasteiger partial charge >= 0.3 is 0 Å². The largest absolute Gasteiger partial charge is 0.330 e. The molecule has 4 rings (SSSR count). The second kappa shape index (κ2) is 6.71. The minimum atomic E-state index is -0.491. The summed E-state index contributed by atoms with van der Waals surface area (Å²) in [7, 11) is 0. The summed E-state index contributed by atoms with van der Waals surface area (Å²) < 4.78 is 29.8. The molecule has 2 nitrogen and oxygen atoms in total. The fourth-order valence-corrected chi connectivity index (χ4v) is 3.53. The van der Waals surface area contributed by atoms with E-state index in [0.29, 0.717) is 18.5 Å². The zero-order valence-electron chi connectivity index (χ0n) is 14.1. The van der Waals surface area contributed by atoms with Crippen LogP contribution in [0.5, 0.6) is 0 Å². The molecule has 4 heteroatoms. The highest BCUT2D eigenvalue weighted by Gasteiger charge is 2.33. The van der Waals surface area contributed by atoms with Gasteiger partial charge in [0.2, 0.25) is 0 Å². The standard InChI is InChI=1S/C22H18F2N2/c23-18-10-8-17(9-11-18)21-25-14-15-26(21)16-22(12-4-1-5-13-22)19-6-2-3-7-20(19)24/h1-12,14-15H,13,16H2. The molecule has 0 amide bonds. The molecule has 26 heavy (non-hydrogen) atoms. The highest BCUT2D eigenvalue weighted by atomic mass is 19.1. The number of rotatable bonds is 4. The lowest BCUT2D eigenvalue weighted by Crippen LogP contribution is -2.31. The molecule has 1 aliphatic carbocycles. The van der Waals surface area contributed by atoms with Crippen molar-refractivity contribution in [3.63, 3.8) is 0 Å². The number of nitrogens with zero attached hydrogens (tertiary/aromatic N) is 2. The van der Waals surface area contributed by atoms with E-state index in [1.54, 1.807) is 24.4 Å². The number of aromatic nitrogens is 2. The smallest absolute Gasteiger partial charge is 0.139 e. The third kappa shape index (κ3) is 2.99. The fraction of sp³-hybridized carbons (Fsp3) is 0.136. The normalized spacial score (nSPS) is 19.0. The Kier molecular flexibility index (Phi) is 4.25. The maximum atomic E-state index is 14.6. The van der Waals surface area contributed by atoms with E-state index in [1.165, 1.54) is 18.2 Å². The van der Waals surface area contributed by atoms with E-state index in [4.69, 9.17) is 0 Å². The average Bonchev–Trinajstić information content (AvgIpc) is 3.11. The molecule has 0 fully saturated rings. The van der Waals surface area contributed by atoms with Gasteiger partial charge in [-0.1, -0.05) is 42.5 Å². The van der Waals surface area contributed by atoms with Crippen molar-refractivity contribution in [3.8, 4) is 11.4 Å². The van der Waals surface area contributed by atoms with Crippen LogP contribution in [-0.2, 0) is 12.0 Å². The summed E-state index contributed by atoms with van der Waals surface area (Å²) in [5, 5.41) is 0. The Hall–Kier alpha value is -3.01. The Bertz CT molecular complexity index is 970. The van der Waals surface area contributed by atoms with E-state index in [2.05, 4.69) is 17.1 Å². The summed E-state index contributed by atoms with van der Waals surface area (Å²) in [6, 6.07) is 13.2. The number of benzene rings is 2. The van der Waals surface area contributed by atoms with Crippen LogP contribution >= 0.6 is 0 Å². The summed E-state index contributed by atoms with van der Waals surface area (Å²) >= 11 is 0. The van der Waals surface area contributed by atoms with Crippen LogP contribution in [0.3, 0.4) is 0 Å². The van der Waals surface area contributed by atoms with Gasteiger partial charge < -0.3 is 4.57 Å². The van der Waals surface area contributed by atoms with Gasteiger partial charge in [0, 0.05) is 29.9 Å². The van der Waals surface area contributed by atoms with Gasteiger partial charge in [0.15, 0.2) is 0 Å². The van der Waals surface area contributed by atoms with Crippen molar-refractivity contribution in [1.82, 2.24) is 9.55 Å². The first-order valence-corrected chi connectivity index (χ1v) is 8.54. The second-order valence-electron chi connectivity index (χ2n) is 6.51. The molecule has 0 saturated carbocycles. The average molecular weight is 348 g/mol. The summed E-state index contributed by atoms with van der Waals surface area (Å²) in [5.74, 6) is 0.245. The second-order valence-corrected chi connectivity index (χ2v) is 6.51. The van der Waals surface area contributed by atoms with Gasteiger partial charge in [-0.2, -0.15) is 0 Å². The van der Waals surface area contributed by atoms with Crippen LogP contribution in [0.15, 0.2) is 85.2 Å². The van der Waals surface area contributed by atoms with E-state index >= 15 is 0 Å². The SMILES string of the molecule is Fc1ccc(-c2nccn2CC2(c3ccccc3F)C=CC=CC2)cc1. The molecule has 0 aliphatic heterocycles. The van der Waals surface area contributed by atoms with Crippen LogP contribution in [0.1, 0.15) is 12.0 Å². The van der Waals surface area contributed by atoms with Crippen LogP contribution in [0.25, 0.3) is 11.4 Å². The van der Waals surface area contributed by atoms with Crippen LogP contribution in [0.2, 0.25) is 0 Å². The zero-order valence-corrected chi connectivity index (χ0v) is 14.1. The van der Waals surface area contributed by atoms with Gasteiger partial charge in [0.25, 0.3) is 0 Å². The van der Waals surface area contributed by atoms with Crippen molar-refractivity contribution in [2.24, 2.45) is 0 Å². The van der Waals surface area contributed by atoms with Crippen LogP contribution in [-0.4, -0.2) is 9.55 Å². The lowest BCUT2D eigenvalue weighted by atomic mass is 9.75. The molecule has 1 heterocycles. The van der Waals surface area contributed by atoms with Crippen molar-refractivity contribution < 1.29 is 8.78 Å². The van der Waals surface area contributed by atoms with Crippen molar-refractivity contribution in [3.05, 3.63) is 102 Å². The molecule has 2 aromatic carbocycles. The number of allylic oxidation sites excluding steroid dienone is 4. The van der Waals surface area contributed by atoms with Gasteiger partial charge in [-0.05, 0) is 42.3 Å². The number of imidazole rings is 1. The maximum Gasteiger partial charge on any atom is 0.139 e. The molecular formula is C22H18F2N2. The Labute approximate surface area is 151 Å². The first-order valence-electron chi connectivity index (χ1n) is 8.54. The predicted molar refractivity (Wildman–Crippen MR) is 98.6 cm³/mol. The lowest BCUT2D eigenvalue weighted by Gasteiger charge is -2.33. The zero-order chi connectivity index (χ0) is 18.0. The summed E-state index contributed by atoms with van der Waals surface area (Å²) in [5.41, 5.74) is 1.00. The van der Waals surface area contributed by atoms with Crippen LogP contribution < -0.4 is 0 Å². The van der Waals surface area contributed by atoms with Gasteiger partial charge in [0.05, 0.1) is 0 Å². The molecule has 0 radical (unpaired) electrons. The van der Waals surface area contributed by atoms with E-state index in [0.717, 1.165) is 11.4 Å². The topological polar surface area (TPSA) is 17.8 Å². The quantitative estimate of drug-likeness (QED) is 0.627. The van der Waals surface area contributed by atoms with E-state index < -0.39 is 5.41 Å². The molecule has 1 unspecified atom stereocenters. The fourth-order valence-electron chi connectivity index (χ4n) is 3.53. The lowest BCUT2D eigenvalue weighted by molar-refractivity contribution is 0.427. The molecule has 0 bridgehead atoms. The van der Waals surface area contributed by atoms with Gasteiger partial charge in [-0.25, -0.2) is 13.8 Å². The van der Waals surface area contributed by atoms with Gasteiger partial charge in [-0.3, -0.25) is 0 Å². The Morgan fingerprint density at radius 3 is 2.54 bits per heavy atom. The molecule has 130 valence electrons. The Morgan fingerprint density at radius 2 is 1.81 bits per heavy atom. The minimum Gasteiger partial charge on any atom is -0.330 e. The molecule has 0 N–H and O–H groups in total. The molecule has 3 aromatic rings. The monoisotopic (exact) mass is 348 g/mol. The Balaban J connectivity index is 1.76. The van der Waals surface area contributed by atoms with Crippen molar-refractivity contribution in [2.75, 3.05) is 0 Å². The number of hydrogen-bond donors (Lipinski definition) is 0. The molecule has 1 aromatic heterocycles. The molecule has 0 saturated heterocycles. The third-order valence-electron chi connectivity index (χ3n) is 4.83. The number of hydrogen-bond acceptors (Lipinski definition) is 1. The first kappa shape index (κ1) is 16.5. The van der Waals surface area contributed by atoms with Crippen molar-refractivity contribution >= 4 is 0 Å². The Morgan fingerprint density at radius 1 is 1.00 bits per heavy atom. The number of halogens is 2. The highest BCUT2D eigenvalue weighted by Crippen LogP contribution is 2.37. The molecular weight excluding hydrogens is 330 g/mol. The van der Waals surface area contributed by atoms with Crippen LogP contribution in [0.4, 0.5) is 8.78 Å². The predicted octanol–water partition coefficient (Wildman–Crippen LogP) is 5.28. The van der Waals surface area contributed by atoms with Crippen molar-refractivity contribution in [1.29, 1.82) is 0 Å². The van der Waals surface area contributed by atoms with Crippen LogP contribution in [0, 0.1) is 11.6 Å².